The number of nitrogens with one attached hydrogen (secondary N) is 1. The Kier molecular flexibility index (Phi) is 13.6. The molecule has 34 heavy (non-hydrogen) atoms. The maximum Gasteiger partial charge on any atom is 0.322 e. The van der Waals surface area contributed by atoms with Crippen LogP contribution in [0.3, 0.4) is 0 Å². The molecular formula is C27H40N2O5. The number of methoxy groups -OCH3 is 1. The molecule has 0 aliphatic heterocycles. The molecule has 1 N–H and O–H groups in total. The fourth-order valence-electron chi connectivity index (χ4n) is 3.43. The SMILES string of the molecule is CCCCCCCN(Cc1ccc(OCOCCOC)cc1)C(=O)Nc1ccccc1OCC. The number of rotatable bonds is 17. The molecule has 2 amide bonds. The van der Waals surface area contributed by atoms with Gasteiger partial charge in [-0.2, -0.15) is 0 Å². The van der Waals surface area contributed by atoms with Gasteiger partial charge >= 0.3 is 6.03 Å². The fourth-order valence-corrected chi connectivity index (χ4v) is 3.43. The fraction of sp³-hybridized carbons (Fsp3) is 0.519. The van der Waals surface area contributed by atoms with Gasteiger partial charge in [0.15, 0.2) is 6.79 Å². The van der Waals surface area contributed by atoms with Crippen molar-refractivity contribution < 1.29 is 23.7 Å². The van der Waals surface area contributed by atoms with Crippen LogP contribution in [0.1, 0.15) is 51.5 Å². The average molecular weight is 473 g/mol. The van der Waals surface area contributed by atoms with E-state index in [2.05, 4.69) is 12.2 Å². The summed E-state index contributed by atoms with van der Waals surface area (Å²) in [5.41, 5.74) is 1.72. The molecule has 0 heterocycles. The van der Waals surface area contributed by atoms with Crippen LogP contribution in [-0.4, -0.2) is 51.2 Å². The molecule has 0 bridgehead atoms. The molecule has 0 saturated heterocycles. The van der Waals surface area contributed by atoms with Gasteiger partial charge in [-0.15, -0.1) is 0 Å². The van der Waals surface area contributed by atoms with E-state index < -0.39 is 0 Å². The van der Waals surface area contributed by atoms with Gasteiger partial charge in [-0.3, -0.25) is 0 Å². The molecule has 0 spiro atoms. The van der Waals surface area contributed by atoms with Crippen LogP contribution in [0.2, 0.25) is 0 Å². The van der Waals surface area contributed by atoms with E-state index in [1.807, 2.05) is 60.4 Å². The van der Waals surface area contributed by atoms with Crippen molar-refractivity contribution in [2.45, 2.75) is 52.5 Å². The zero-order chi connectivity index (χ0) is 24.4. The first-order chi connectivity index (χ1) is 16.7. The number of ether oxygens (including phenoxy) is 4. The summed E-state index contributed by atoms with van der Waals surface area (Å²) < 4.78 is 21.5. The molecule has 7 nitrogen and oxygen atoms in total. The van der Waals surface area contributed by atoms with Gasteiger partial charge in [-0.1, -0.05) is 56.9 Å². The summed E-state index contributed by atoms with van der Waals surface area (Å²) in [6.07, 6.45) is 5.70. The zero-order valence-electron chi connectivity index (χ0n) is 20.9. The van der Waals surface area contributed by atoms with Crippen LogP contribution >= 0.6 is 0 Å². The minimum absolute atomic E-state index is 0.130. The lowest BCUT2D eigenvalue weighted by molar-refractivity contribution is -0.00847. The average Bonchev–Trinajstić information content (AvgIpc) is 2.85. The zero-order valence-corrected chi connectivity index (χ0v) is 20.9. The van der Waals surface area contributed by atoms with E-state index >= 15 is 0 Å². The maximum absolute atomic E-state index is 13.2. The Morgan fingerprint density at radius 3 is 2.41 bits per heavy atom. The lowest BCUT2D eigenvalue weighted by atomic mass is 10.1. The van der Waals surface area contributed by atoms with Crippen molar-refractivity contribution in [1.29, 1.82) is 0 Å². The van der Waals surface area contributed by atoms with E-state index in [4.69, 9.17) is 18.9 Å². The summed E-state index contributed by atoms with van der Waals surface area (Å²) in [7, 11) is 1.63. The Bertz CT molecular complexity index is 813. The van der Waals surface area contributed by atoms with E-state index in [1.165, 1.54) is 19.3 Å². The minimum Gasteiger partial charge on any atom is -0.492 e. The van der Waals surface area contributed by atoms with Crippen molar-refractivity contribution in [3.05, 3.63) is 54.1 Å². The second-order valence-corrected chi connectivity index (χ2v) is 8.00. The maximum atomic E-state index is 13.2. The highest BCUT2D eigenvalue weighted by molar-refractivity contribution is 5.91. The molecule has 2 aromatic carbocycles. The first-order valence-electron chi connectivity index (χ1n) is 12.2. The van der Waals surface area contributed by atoms with Crippen molar-refractivity contribution in [1.82, 2.24) is 4.90 Å². The smallest absolute Gasteiger partial charge is 0.322 e. The molecule has 0 atom stereocenters. The number of carbonyl (C=O) groups excluding carboxylic acids is 1. The predicted molar refractivity (Wildman–Crippen MR) is 136 cm³/mol. The van der Waals surface area contributed by atoms with E-state index in [0.29, 0.717) is 44.3 Å². The standard InChI is InChI=1S/C27H40N2O5/c1-4-6-7-8-11-18-29(27(30)28-25-12-9-10-13-26(25)33-5-2)21-23-14-16-24(17-15-23)34-22-32-20-19-31-3/h9-10,12-17H,4-8,11,18-22H2,1-3H3,(H,28,30). The van der Waals surface area contributed by atoms with Crippen molar-refractivity contribution in [3.63, 3.8) is 0 Å². The third-order valence-electron chi connectivity index (χ3n) is 5.28. The Hall–Kier alpha value is -2.77. The molecule has 2 aromatic rings. The van der Waals surface area contributed by atoms with Crippen molar-refractivity contribution >= 4 is 11.7 Å². The van der Waals surface area contributed by atoms with Gasteiger partial charge in [0.25, 0.3) is 0 Å². The summed E-state index contributed by atoms with van der Waals surface area (Å²) in [5, 5.41) is 3.03. The molecule has 0 saturated carbocycles. The molecule has 0 aromatic heterocycles. The number of nitrogens with zero attached hydrogens (tertiary/aromatic N) is 1. The van der Waals surface area contributed by atoms with Gasteiger partial charge in [0, 0.05) is 20.2 Å². The first-order valence-corrected chi connectivity index (χ1v) is 12.2. The third kappa shape index (κ3) is 10.4. The highest BCUT2D eigenvalue weighted by Crippen LogP contribution is 2.24. The van der Waals surface area contributed by atoms with Crippen LogP contribution in [-0.2, 0) is 16.0 Å². The number of carbonyl (C=O) groups is 1. The van der Waals surface area contributed by atoms with Crippen LogP contribution in [0, 0.1) is 0 Å². The Morgan fingerprint density at radius 1 is 0.912 bits per heavy atom. The number of hydrogen-bond acceptors (Lipinski definition) is 5. The number of para-hydroxylation sites is 2. The predicted octanol–water partition coefficient (Wildman–Crippen LogP) is 6.09. The molecule has 7 heteroatoms. The van der Waals surface area contributed by atoms with Gasteiger partial charge in [0.2, 0.25) is 0 Å². The summed E-state index contributed by atoms with van der Waals surface area (Å²) in [4.78, 5) is 15.1. The second-order valence-electron chi connectivity index (χ2n) is 8.00. The highest BCUT2D eigenvalue weighted by Gasteiger charge is 2.16. The lowest BCUT2D eigenvalue weighted by Gasteiger charge is -2.24. The van der Waals surface area contributed by atoms with Gasteiger partial charge in [0.05, 0.1) is 25.5 Å². The van der Waals surface area contributed by atoms with Crippen LogP contribution in [0.25, 0.3) is 0 Å². The van der Waals surface area contributed by atoms with E-state index in [9.17, 15) is 4.79 Å². The second kappa shape index (κ2) is 16.8. The number of anilines is 1. The largest absolute Gasteiger partial charge is 0.492 e. The summed E-state index contributed by atoms with van der Waals surface area (Å²) in [5.74, 6) is 1.40. The number of benzene rings is 2. The van der Waals surface area contributed by atoms with Gasteiger partial charge in [0.1, 0.15) is 11.5 Å². The summed E-state index contributed by atoms with van der Waals surface area (Å²) >= 11 is 0. The molecule has 0 aliphatic carbocycles. The molecule has 0 radical (unpaired) electrons. The monoisotopic (exact) mass is 472 g/mol. The summed E-state index contributed by atoms with van der Waals surface area (Å²) in [6, 6.07) is 15.2. The minimum atomic E-state index is -0.130. The molecule has 0 aliphatic rings. The van der Waals surface area contributed by atoms with Gasteiger partial charge in [-0.25, -0.2) is 4.79 Å². The van der Waals surface area contributed by atoms with Crippen LogP contribution < -0.4 is 14.8 Å². The van der Waals surface area contributed by atoms with Crippen LogP contribution in [0.4, 0.5) is 10.5 Å². The quantitative estimate of drug-likeness (QED) is 0.223. The van der Waals surface area contributed by atoms with E-state index in [0.717, 1.165) is 24.2 Å². The molecule has 0 unspecified atom stereocenters. The number of unbranched alkanes of at least 4 members (excludes halogenated alkanes) is 4. The van der Waals surface area contributed by atoms with E-state index in [-0.39, 0.29) is 12.8 Å². The third-order valence-corrected chi connectivity index (χ3v) is 5.28. The van der Waals surface area contributed by atoms with Gasteiger partial charge in [-0.05, 0) is 43.2 Å². The Balaban J connectivity index is 1.98. The van der Waals surface area contributed by atoms with Crippen LogP contribution in [0.15, 0.2) is 48.5 Å². The Labute approximate surface area is 204 Å². The lowest BCUT2D eigenvalue weighted by Crippen LogP contribution is -2.35. The summed E-state index contributed by atoms with van der Waals surface area (Å²) in [6.45, 7) is 7.08. The Morgan fingerprint density at radius 2 is 1.68 bits per heavy atom. The topological polar surface area (TPSA) is 69.3 Å². The van der Waals surface area contributed by atoms with Crippen molar-refractivity contribution in [2.24, 2.45) is 0 Å². The number of amides is 2. The molecule has 0 fully saturated rings. The van der Waals surface area contributed by atoms with Crippen molar-refractivity contribution in [3.8, 4) is 11.5 Å². The number of hydrogen-bond donors (Lipinski definition) is 1. The molecular weight excluding hydrogens is 432 g/mol. The highest BCUT2D eigenvalue weighted by atomic mass is 16.7. The van der Waals surface area contributed by atoms with Gasteiger partial charge < -0.3 is 29.2 Å². The van der Waals surface area contributed by atoms with E-state index in [1.54, 1.807) is 7.11 Å². The first kappa shape index (κ1) is 27.5. The van der Waals surface area contributed by atoms with Crippen molar-refractivity contribution in [2.75, 3.05) is 45.6 Å². The normalized spacial score (nSPS) is 10.7. The van der Waals surface area contributed by atoms with Crippen LogP contribution in [0.5, 0.6) is 11.5 Å². The molecule has 188 valence electrons. The molecule has 2 rings (SSSR count). The number of urea groups is 1.